The van der Waals surface area contributed by atoms with Crippen LogP contribution in [-0.2, 0) is 0 Å². The Balaban J connectivity index is 2.51. The van der Waals surface area contributed by atoms with Crippen molar-refractivity contribution >= 4 is 22.3 Å². The Labute approximate surface area is 118 Å². The highest BCUT2D eigenvalue weighted by molar-refractivity contribution is 5.96. The number of non-ortho nitro benzene ring substituents is 1. The summed E-state index contributed by atoms with van der Waals surface area (Å²) in [7, 11) is 0. The number of rotatable bonds is 5. The van der Waals surface area contributed by atoms with Crippen LogP contribution in [0, 0.1) is 10.1 Å². The average molecular weight is 273 g/mol. The lowest BCUT2D eigenvalue weighted by molar-refractivity contribution is -0.383. The SMILES string of the molecule is CCCC(C)(C)Nc1ccc([N+](=O)[O-])c2cccnc12. The first kappa shape index (κ1) is 14.2. The molecule has 0 unspecified atom stereocenters. The van der Waals surface area contributed by atoms with Gasteiger partial charge in [-0.2, -0.15) is 0 Å². The van der Waals surface area contributed by atoms with Crippen LogP contribution in [0.3, 0.4) is 0 Å². The normalized spacial score (nSPS) is 11.6. The van der Waals surface area contributed by atoms with E-state index in [0.717, 1.165) is 18.5 Å². The standard InChI is InChI=1S/C15H19N3O2/c1-4-9-15(2,3)17-12-7-8-13(18(19)20)11-6-5-10-16-14(11)12/h5-8,10,17H,4,9H2,1-3H3. The van der Waals surface area contributed by atoms with Crippen LogP contribution < -0.4 is 5.32 Å². The second-order valence-electron chi connectivity index (χ2n) is 5.55. The van der Waals surface area contributed by atoms with Crippen molar-refractivity contribution in [1.29, 1.82) is 0 Å². The Kier molecular flexibility index (Phi) is 3.88. The van der Waals surface area contributed by atoms with Crippen molar-refractivity contribution in [3.05, 3.63) is 40.6 Å². The largest absolute Gasteiger partial charge is 0.378 e. The van der Waals surface area contributed by atoms with Gasteiger partial charge in [-0.05, 0) is 38.5 Å². The van der Waals surface area contributed by atoms with Crippen molar-refractivity contribution in [1.82, 2.24) is 4.98 Å². The quantitative estimate of drug-likeness (QED) is 0.656. The summed E-state index contributed by atoms with van der Waals surface area (Å²) in [5.41, 5.74) is 1.50. The summed E-state index contributed by atoms with van der Waals surface area (Å²) in [6, 6.07) is 6.73. The minimum Gasteiger partial charge on any atom is -0.378 e. The van der Waals surface area contributed by atoms with Crippen molar-refractivity contribution in [2.75, 3.05) is 5.32 Å². The van der Waals surface area contributed by atoms with Gasteiger partial charge in [-0.25, -0.2) is 0 Å². The third kappa shape index (κ3) is 2.87. The van der Waals surface area contributed by atoms with Gasteiger partial charge in [0.05, 0.1) is 16.0 Å². The molecule has 0 aliphatic heterocycles. The minimum absolute atomic E-state index is 0.0741. The molecular formula is C15H19N3O2. The van der Waals surface area contributed by atoms with Crippen LogP contribution >= 0.6 is 0 Å². The Bertz CT molecular complexity index is 638. The number of hydrogen-bond donors (Lipinski definition) is 1. The fourth-order valence-corrected chi connectivity index (χ4v) is 2.47. The summed E-state index contributed by atoms with van der Waals surface area (Å²) in [4.78, 5) is 15.0. The monoisotopic (exact) mass is 273 g/mol. The molecule has 0 fully saturated rings. The van der Waals surface area contributed by atoms with Gasteiger partial charge in [-0.1, -0.05) is 13.3 Å². The highest BCUT2D eigenvalue weighted by Crippen LogP contribution is 2.31. The van der Waals surface area contributed by atoms with Gasteiger partial charge in [0, 0.05) is 17.8 Å². The van der Waals surface area contributed by atoms with Crippen LogP contribution in [0.25, 0.3) is 10.9 Å². The molecule has 20 heavy (non-hydrogen) atoms. The molecule has 0 saturated carbocycles. The molecule has 106 valence electrons. The maximum atomic E-state index is 11.1. The number of hydrogen-bond acceptors (Lipinski definition) is 4. The number of pyridine rings is 1. The third-order valence-corrected chi connectivity index (χ3v) is 3.29. The number of anilines is 1. The molecule has 0 saturated heterocycles. The number of nitro benzene ring substituents is 1. The summed E-state index contributed by atoms with van der Waals surface area (Å²) in [5.74, 6) is 0. The molecule has 1 N–H and O–H groups in total. The molecule has 5 nitrogen and oxygen atoms in total. The van der Waals surface area contributed by atoms with Crippen LogP contribution in [-0.4, -0.2) is 15.4 Å². The van der Waals surface area contributed by atoms with E-state index in [4.69, 9.17) is 0 Å². The van der Waals surface area contributed by atoms with E-state index in [9.17, 15) is 10.1 Å². The molecule has 1 aromatic carbocycles. The Morgan fingerprint density at radius 3 is 2.75 bits per heavy atom. The number of aromatic nitrogens is 1. The molecule has 0 amide bonds. The molecular weight excluding hydrogens is 254 g/mol. The average Bonchev–Trinajstić information content (AvgIpc) is 2.38. The zero-order valence-electron chi connectivity index (χ0n) is 12.0. The van der Waals surface area contributed by atoms with E-state index in [-0.39, 0.29) is 16.1 Å². The molecule has 0 radical (unpaired) electrons. The van der Waals surface area contributed by atoms with Gasteiger partial charge in [-0.15, -0.1) is 0 Å². The van der Waals surface area contributed by atoms with Crippen LogP contribution in [0.1, 0.15) is 33.6 Å². The lowest BCUT2D eigenvalue weighted by atomic mass is 9.98. The van der Waals surface area contributed by atoms with E-state index in [1.165, 1.54) is 6.07 Å². The van der Waals surface area contributed by atoms with Crippen LogP contribution in [0.4, 0.5) is 11.4 Å². The second-order valence-corrected chi connectivity index (χ2v) is 5.55. The summed E-state index contributed by atoms with van der Waals surface area (Å²) in [5, 5.41) is 15.1. The fraction of sp³-hybridized carbons (Fsp3) is 0.400. The van der Waals surface area contributed by atoms with E-state index in [2.05, 4.69) is 31.1 Å². The van der Waals surface area contributed by atoms with E-state index < -0.39 is 0 Å². The summed E-state index contributed by atoms with van der Waals surface area (Å²) < 4.78 is 0. The molecule has 2 aromatic rings. The summed E-state index contributed by atoms with van der Waals surface area (Å²) in [6.07, 6.45) is 3.74. The van der Waals surface area contributed by atoms with Gasteiger partial charge in [0.1, 0.15) is 5.52 Å². The first-order chi connectivity index (χ1) is 9.44. The lowest BCUT2D eigenvalue weighted by Gasteiger charge is -2.27. The van der Waals surface area contributed by atoms with Gasteiger partial charge < -0.3 is 5.32 Å². The third-order valence-electron chi connectivity index (χ3n) is 3.29. The van der Waals surface area contributed by atoms with Crippen molar-refractivity contribution in [3.8, 4) is 0 Å². The first-order valence-electron chi connectivity index (χ1n) is 6.75. The molecule has 0 spiro atoms. The van der Waals surface area contributed by atoms with Crippen LogP contribution in [0.15, 0.2) is 30.5 Å². The molecule has 1 aromatic heterocycles. The van der Waals surface area contributed by atoms with E-state index in [1.807, 2.05) is 0 Å². The van der Waals surface area contributed by atoms with Gasteiger partial charge in [0.15, 0.2) is 0 Å². The molecule has 5 heteroatoms. The summed E-state index contributed by atoms with van der Waals surface area (Å²) in [6.45, 7) is 6.37. The fourth-order valence-electron chi connectivity index (χ4n) is 2.47. The predicted octanol–water partition coefficient (Wildman–Crippen LogP) is 4.13. The highest BCUT2D eigenvalue weighted by Gasteiger charge is 2.20. The minimum atomic E-state index is -0.370. The molecule has 0 aliphatic rings. The highest BCUT2D eigenvalue weighted by atomic mass is 16.6. The van der Waals surface area contributed by atoms with Crippen LogP contribution in [0.5, 0.6) is 0 Å². The second kappa shape index (κ2) is 5.45. The topological polar surface area (TPSA) is 68.1 Å². The van der Waals surface area contributed by atoms with E-state index in [1.54, 1.807) is 24.4 Å². The Morgan fingerprint density at radius 2 is 2.10 bits per heavy atom. The Hall–Kier alpha value is -2.17. The number of nitrogens with zero attached hydrogens (tertiary/aromatic N) is 2. The smallest absolute Gasteiger partial charge is 0.278 e. The Morgan fingerprint density at radius 1 is 1.35 bits per heavy atom. The van der Waals surface area contributed by atoms with Gasteiger partial charge in [-0.3, -0.25) is 15.1 Å². The maximum Gasteiger partial charge on any atom is 0.278 e. The van der Waals surface area contributed by atoms with E-state index >= 15 is 0 Å². The number of nitro groups is 1. The molecule has 0 aliphatic carbocycles. The molecule has 2 rings (SSSR count). The maximum absolute atomic E-state index is 11.1. The number of benzene rings is 1. The number of nitrogens with one attached hydrogen (secondary N) is 1. The van der Waals surface area contributed by atoms with Crippen molar-refractivity contribution in [2.24, 2.45) is 0 Å². The van der Waals surface area contributed by atoms with Crippen LogP contribution in [0.2, 0.25) is 0 Å². The van der Waals surface area contributed by atoms with Gasteiger partial charge in [0.2, 0.25) is 0 Å². The van der Waals surface area contributed by atoms with Crippen molar-refractivity contribution in [3.63, 3.8) is 0 Å². The van der Waals surface area contributed by atoms with Crippen molar-refractivity contribution in [2.45, 2.75) is 39.2 Å². The van der Waals surface area contributed by atoms with E-state index in [0.29, 0.717) is 10.9 Å². The zero-order valence-corrected chi connectivity index (χ0v) is 12.0. The molecule has 0 atom stereocenters. The summed E-state index contributed by atoms with van der Waals surface area (Å²) >= 11 is 0. The molecule has 1 heterocycles. The lowest BCUT2D eigenvalue weighted by Crippen LogP contribution is -2.30. The number of fused-ring (bicyclic) bond motifs is 1. The van der Waals surface area contributed by atoms with Gasteiger partial charge >= 0.3 is 0 Å². The molecule has 0 bridgehead atoms. The zero-order chi connectivity index (χ0) is 14.8. The van der Waals surface area contributed by atoms with Gasteiger partial charge in [0.25, 0.3) is 5.69 Å². The first-order valence-corrected chi connectivity index (χ1v) is 6.75. The predicted molar refractivity (Wildman–Crippen MR) is 81.0 cm³/mol. The van der Waals surface area contributed by atoms with Crippen molar-refractivity contribution < 1.29 is 4.92 Å².